The summed E-state index contributed by atoms with van der Waals surface area (Å²) in [5.41, 5.74) is 3.42. The molecule has 0 saturated heterocycles. The van der Waals surface area contributed by atoms with Gasteiger partial charge in [-0.2, -0.15) is 0 Å². The Morgan fingerprint density at radius 2 is 1.89 bits per heavy atom. The van der Waals surface area contributed by atoms with Gasteiger partial charge in [-0.25, -0.2) is 4.98 Å². The van der Waals surface area contributed by atoms with Gasteiger partial charge in [-0.15, -0.1) is 0 Å². The van der Waals surface area contributed by atoms with Crippen LogP contribution in [0.5, 0.6) is 0 Å². The van der Waals surface area contributed by atoms with Gasteiger partial charge in [0.05, 0.1) is 4.47 Å². The van der Waals surface area contributed by atoms with Crippen molar-refractivity contribution >= 4 is 28.1 Å². The number of rotatable bonds is 3. The fraction of sp³-hybridized carbons (Fsp3) is 0.333. The topological polar surface area (TPSA) is 28.7 Å². The predicted molar refractivity (Wildman–Crippen MR) is 85.8 cm³/mol. The summed E-state index contributed by atoms with van der Waals surface area (Å²) in [7, 11) is 0. The van der Waals surface area contributed by atoms with Gasteiger partial charge in [-0.05, 0) is 35.2 Å². The molecule has 0 aliphatic heterocycles. The molecule has 0 fully saturated rings. The Morgan fingerprint density at radius 3 is 2.47 bits per heavy atom. The molecule has 19 heavy (non-hydrogen) atoms. The van der Waals surface area contributed by atoms with Gasteiger partial charge in [-0.1, -0.05) is 55.9 Å². The number of halogens is 1. The van der Waals surface area contributed by atoms with E-state index in [1.54, 1.807) is 0 Å². The molecular formula is C15H17BrN2S. The lowest BCUT2D eigenvalue weighted by Crippen LogP contribution is -2.02. The number of aromatic amines is 1. The Balaban J connectivity index is 2.50. The van der Waals surface area contributed by atoms with Crippen LogP contribution in [0.2, 0.25) is 0 Å². The zero-order valence-corrected chi connectivity index (χ0v) is 13.7. The van der Waals surface area contributed by atoms with Crippen LogP contribution in [0.1, 0.15) is 25.1 Å². The summed E-state index contributed by atoms with van der Waals surface area (Å²) >= 11 is 8.86. The largest absolute Gasteiger partial charge is 0.342 e. The molecule has 2 nitrogen and oxygen atoms in total. The van der Waals surface area contributed by atoms with Crippen molar-refractivity contribution in [3.8, 4) is 11.4 Å². The maximum absolute atomic E-state index is 5.33. The van der Waals surface area contributed by atoms with Crippen LogP contribution in [0.3, 0.4) is 0 Å². The van der Waals surface area contributed by atoms with Crippen molar-refractivity contribution in [1.82, 2.24) is 9.97 Å². The van der Waals surface area contributed by atoms with E-state index in [1.165, 1.54) is 5.56 Å². The number of aryl methyl sites for hydroxylation is 1. The van der Waals surface area contributed by atoms with Crippen molar-refractivity contribution in [3.05, 3.63) is 44.6 Å². The molecule has 100 valence electrons. The van der Waals surface area contributed by atoms with Crippen LogP contribution in [0.4, 0.5) is 0 Å². The predicted octanol–water partition coefficient (Wildman–Crippen LogP) is 5.08. The average Bonchev–Trinajstić information content (AvgIpc) is 2.35. The number of nitrogens with one attached hydrogen (secondary N) is 1. The summed E-state index contributed by atoms with van der Waals surface area (Å²) in [5.74, 6) is 1.40. The molecule has 4 heteroatoms. The van der Waals surface area contributed by atoms with Gasteiger partial charge in [0.25, 0.3) is 0 Å². The molecule has 1 aromatic heterocycles. The van der Waals surface area contributed by atoms with Crippen molar-refractivity contribution in [2.24, 2.45) is 5.92 Å². The first-order chi connectivity index (χ1) is 8.97. The lowest BCUT2D eigenvalue weighted by Gasteiger charge is -2.10. The highest BCUT2D eigenvalue weighted by Crippen LogP contribution is 2.23. The molecular weight excluding hydrogens is 320 g/mol. The van der Waals surface area contributed by atoms with Crippen LogP contribution in [0.15, 0.2) is 28.7 Å². The van der Waals surface area contributed by atoms with E-state index in [4.69, 9.17) is 12.2 Å². The third-order valence-corrected chi connectivity index (χ3v) is 4.28. The number of H-pyrrole nitrogens is 1. The first-order valence-corrected chi connectivity index (χ1v) is 7.53. The average molecular weight is 337 g/mol. The van der Waals surface area contributed by atoms with Gasteiger partial charge >= 0.3 is 0 Å². The smallest absolute Gasteiger partial charge is 0.144 e. The quantitative estimate of drug-likeness (QED) is 0.792. The number of nitrogens with zero attached hydrogens (tertiary/aromatic N) is 1. The SMILES string of the molecule is Cc1ccc(-c2nc(=S)c(Br)c(CC(C)C)[nH]2)cc1. The molecule has 0 spiro atoms. The Hall–Kier alpha value is -1.00. The number of benzene rings is 1. The van der Waals surface area contributed by atoms with Crippen LogP contribution < -0.4 is 0 Å². The van der Waals surface area contributed by atoms with Crippen molar-refractivity contribution in [2.75, 3.05) is 0 Å². The van der Waals surface area contributed by atoms with E-state index in [0.717, 1.165) is 28.0 Å². The second-order valence-corrected chi connectivity index (χ2v) is 6.33. The first kappa shape index (κ1) is 14.4. The fourth-order valence-electron chi connectivity index (χ4n) is 1.90. The summed E-state index contributed by atoms with van der Waals surface area (Å²) in [6, 6.07) is 8.29. The summed E-state index contributed by atoms with van der Waals surface area (Å²) in [4.78, 5) is 7.85. The highest BCUT2D eigenvalue weighted by Gasteiger charge is 2.09. The molecule has 0 atom stereocenters. The summed E-state index contributed by atoms with van der Waals surface area (Å²) in [6.45, 7) is 6.45. The summed E-state index contributed by atoms with van der Waals surface area (Å²) in [6.07, 6.45) is 0.950. The maximum atomic E-state index is 5.33. The minimum atomic E-state index is 0.565. The van der Waals surface area contributed by atoms with E-state index >= 15 is 0 Å². The number of hydrogen-bond acceptors (Lipinski definition) is 2. The Morgan fingerprint density at radius 1 is 1.26 bits per heavy atom. The summed E-state index contributed by atoms with van der Waals surface area (Å²) in [5, 5.41) is 0. The lowest BCUT2D eigenvalue weighted by molar-refractivity contribution is 0.632. The second kappa shape index (κ2) is 5.97. The second-order valence-electron chi connectivity index (χ2n) is 5.15. The zero-order chi connectivity index (χ0) is 14.0. The number of hydrogen-bond donors (Lipinski definition) is 1. The molecule has 0 amide bonds. The molecule has 0 bridgehead atoms. The molecule has 2 rings (SSSR count). The minimum Gasteiger partial charge on any atom is -0.342 e. The van der Waals surface area contributed by atoms with Crippen molar-refractivity contribution in [3.63, 3.8) is 0 Å². The van der Waals surface area contributed by atoms with Gasteiger partial charge in [0, 0.05) is 11.3 Å². The zero-order valence-electron chi connectivity index (χ0n) is 11.3. The highest BCUT2D eigenvalue weighted by atomic mass is 79.9. The molecule has 0 saturated carbocycles. The van der Waals surface area contributed by atoms with E-state index in [1.807, 2.05) is 0 Å². The first-order valence-electron chi connectivity index (χ1n) is 6.33. The van der Waals surface area contributed by atoms with Crippen LogP contribution in [0.25, 0.3) is 11.4 Å². The lowest BCUT2D eigenvalue weighted by atomic mass is 10.1. The van der Waals surface area contributed by atoms with Gasteiger partial charge in [0.2, 0.25) is 0 Å². The van der Waals surface area contributed by atoms with Gasteiger partial charge in [0.1, 0.15) is 10.5 Å². The molecule has 1 aromatic carbocycles. The van der Waals surface area contributed by atoms with E-state index < -0.39 is 0 Å². The maximum Gasteiger partial charge on any atom is 0.144 e. The van der Waals surface area contributed by atoms with Crippen LogP contribution in [-0.4, -0.2) is 9.97 Å². The van der Waals surface area contributed by atoms with Crippen molar-refractivity contribution in [2.45, 2.75) is 27.2 Å². The number of aromatic nitrogens is 2. The van der Waals surface area contributed by atoms with Crippen LogP contribution in [0, 0.1) is 17.5 Å². The monoisotopic (exact) mass is 336 g/mol. The Kier molecular flexibility index (Phi) is 4.53. The molecule has 0 unspecified atom stereocenters. The highest BCUT2D eigenvalue weighted by molar-refractivity contribution is 9.10. The van der Waals surface area contributed by atoms with Gasteiger partial charge < -0.3 is 4.98 Å². The van der Waals surface area contributed by atoms with E-state index in [9.17, 15) is 0 Å². The molecule has 0 radical (unpaired) electrons. The van der Waals surface area contributed by atoms with Crippen LogP contribution in [-0.2, 0) is 6.42 Å². The fourth-order valence-corrected chi connectivity index (χ4v) is 2.47. The molecule has 0 aliphatic carbocycles. The molecule has 1 N–H and O–H groups in total. The third kappa shape index (κ3) is 3.51. The minimum absolute atomic E-state index is 0.565. The van der Waals surface area contributed by atoms with Gasteiger partial charge in [-0.3, -0.25) is 0 Å². The molecule has 1 heterocycles. The third-order valence-electron chi connectivity index (χ3n) is 2.87. The van der Waals surface area contributed by atoms with Gasteiger partial charge in [0.15, 0.2) is 0 Å². The van der Waals surface area contributed by atoms with Crippen LogP contribution >= 0.6 is 28.1 Å². The Bertz CT molecular complexity index is 630. The van der Waals surface area contributed by atoms with E-state index in [-0.39, 0.29) is 0 Å². The summed E-state index contributed by atoms with van der Waals surface area (Å²) < 4.78 is 1.53. The van der Waals surface area contributed by atoms with E-state index in [2.05, 4.69) is 70.9 Å². The van der Waals surface area contributed by atoms with E-state index in [0.29, 0.717) is 10.6 Å². The van der Waals surface area contributed by atoms with Crippen molar-refractivity contribution < 1.29 is 0 Å². The molecule has 2 aromatic rings. The Labute approximate surface area is 127 Å². The molecule has 0 aliphatic rings. The van der Waals surface area contributed by atoms with Crippen molar-refractivity contribution in [1.29, 1.82) is 0 Å². The standard InChI is InChI=1S/C15H17BrN2S/c1-9(2)8-12-13(16)15(19)18-14(17-12)11-6-4-10(3)5-7-11/h4-7,9H,8H2,1-3H3,(H,17,18,19). The normalized spacial score (nSPS) is 11.0.